The molecule has 0 aromatic carbocycles. The van der Waals surface area contributed by atoms with Crippen molar-refractivity contribution >= 4 is 5.91 Å². The molecule has 1 amide bonds. The largest absolute Gasteiger partial charge is 0.394 e. The molecule has 100 valence electrons. The summed E-state index contributed by atoms with van der Waals surface area (Å²) in [5, 5.41) is 15.7. The zero-order valence-electron chi connectivity index (χ0n) is 11.3. The Labute approximate surface area is 104 Å². The van der Waals surface area contributed by atoms with Crippen molar-refractivity contribution in [2.24, 2.45) is 5.92 Å². The number of amides is 1. The molecule has 0 spiro atoms. The summed E-state index contributed by atoms with van der Waals surface area (Å²) in [6.07, 6.45) is 4.27. The molecule has 1 rings (SSSR count). The Morgan fingerprint density at radius 3 is 2.76 bits per heavy atom. The van der Waals surface area contributed by atoms with E-state index in [9.17, 15) is 9.90 Å². The van der Waals surface area contributed by atoms with Crippen LogP contribution in [0.3, 0.4) is 0 Å². The first-order chi connectivity index (χ1) is 7.97. The quantitative estimate of drug-likeness (QED) is 0.675. The molecular weight excluding hydrogens is 216 g/mol. The average molecular weight is 242 g/mol. The normalized spacial score (nSPS) is 29.4. The van der Waals surface area contributed by atoms with Crippen LogP contribution in [0.2, 0.25) is 0 Å². The molecular formula is C13H26N2O2. The lowest BCUT2D eigenvalue weighted by molar-refractivity contribution is -0.121. The Kier molecular flexibility index (Phi) is 5.40. The van der Waals surface area contributed by atoms with Gasteiger partial charge in [0.05, 0.1) is 13.2 Å². The van der Waals surface area contributed by atoms with Gasteiger partial charge in [-0.2, -0.15) is 0 Å². The zero-order chi connectivity index (χ0) is 12.9. The first-order valence-corrected chi connectivity index (χ1v) is 6.63. The van der Waals surface area contributed by atoms with Crippen molar-refractivity contribution in [2.75, 3.05) is 13.2 Å². The second-order valence-corrected chi connectivity index (χ2v) is 5.72. The summed E-state index contributed by atoms with van der Waals surface area (Å²) in [4.78, 5) is 11.6. The molecule has 4 heteroatoms. The number of aliphatic hydroxyl groups is 1. The predicted molar refractivity (Wildman–Crippen MR) is 68.7 cm³/mol. The molecule has 1 aliphatic rings. The monoisotopic (exact) mass is 242 g/mol. The van der Waals surface area contributed by atoms with Gasteiger partial charge in [0.1, 0.15) is 0 Å². The predicted octanol–water partition coefficient (Wildman–Crippen LogP) is 1.04. The first-order valence-electron chi connectivity index (χ1n) is 6.63. The zero-order valence-corrected chi connectivity index (χ0v) is 11.3. The maximum Gasteiger partial charge on any atom is 0.234 e. The fourth-order valence-electron chi connectivity index (χ4n) is 2.66. The lowest BCUT2D eigenvalue weighted by atomic mass is 9.77. The van der Waals surface area contributed by atoms with Gasteiger partial charge in [-0.3, -0.25) is 4.79 Å². The highest BCUT2D eigenvalue weighted by Gasteiger charge is 2.34. The van der Waals surface area contributed by atoms with E-state index in [4.69, 9.17) is 0 Å². The van der Waals surface area contributed by atoms with Crippen molar-refractivity contribution in [1.29, 1.82) is 0 Å². The Morgan fingerprint density at radius 1 is 1.53 bits per heavy atom. The molecule has 0 aromatic heterocycles. The maximum absolute atomic E-state index is 11.6. The third-order valence-corrected chi connectivity index (χ3v) is 3.47. The molecule has 4 nitrogen and oxygen atoms in total. The van der Waals surface area contributed by atoms with Crippen LogP contribution in [0.1, 0.15) is 46.5 Å². The summed E-state index contributed by atoms with van der Waals surface area (Å²) in [5.74, 6) is 0.627. The number of aliphatic hydroxyl groups excluding tert-OH is 1. The first kappa shape index (κ1) is 14.5. The van der Waals surface area contributed by atoms with Gasteiger partial charge in [0.2, 0.25) is 5.91 Å². The van der Waals surface area contributed by atoms with Gasteiger partial charge < -0.3 is 15.7 Å². The van der Waals surface area contributed by atoms with Crippen molar-refractivity contribution in [3.8, 4) is 0 Å². The number of nitrogens with one attached hydrogen (secondary N) is 2. The highest BCUT2D eigenvalue weighted by atomic mass is 16.3. The number of rotatable bonds is 5. The summed E-state index contributed by atoms with van der Waals surface area (Å²) in [6, 6.07) is 0.166. The smallest absolute Gasteiger partial charge is 0.234 e. The summed E-state index contributed by atoms with van der Waals surface area (Å²) < 4.78 is 0. The van der Waals surface area contributed by atoms with Gasteiger partial charge in [0.15, 0.2) is 0 Å². The van der Waals surface area contributed by atoms with Crippen molar-refractivity contribution in [2.45, 2.75) is 58.0 Å². The van der Waals surface area contributed by atoms with E-state index in [1.54, 1.807) is 0 Å². The van der Waals surface area contributed by atoms with Gasteiger partial charge in [-0.1, -0.05) is 19.8 Å². The number of carbonyl (C=O) groups is 1. The molecule has 0 heterocycles. The molecule has 0 bridgehead atoms. The van der Waals surface area contributed by atoms with E-state index >= 15 is 0 Å². The summed E-state index contributed by atoms with van der Waals surface area (Å²) >= 11 is 0. The third kappa shape index (κ3) is 4.64. The highest BCUT2D eigenvalue weighted by Crippen LogP contribution is 2.31. The lowest BCUT2D eigenvalue weighted by Gasteiger charge is -2.39. The van der Waals surface area contributed by atoms with Gasteiger partial charge in [-0.25, -0.2) is 0 Å². The van der Waals surface area contributed by atoms with E-state index in [1.165, 1.54) is 6.42 Å². The van der Waals surface area contributed by atoms with E-state index in [0.29, 0.717) is 12.5 Å². The van der Waals surface area contributed by atoms with Gasteiger partial charge in [-0.15, -0.1) is 0 Å². The van der Waals surface area contributed by atoms with Gasteiger partial charge in [-0.05, 0) is 32.6 Å². The van der Waals surface area contributed by atoms with Crippen LogP contribution in [-0.2, 0) is 4.79 Å². The maximum atomic E-state index is 11.6. The Balaban J connectivity index is 2.43. The summed E-state index contributed by atoms with van der Waals surface area (Å²) in [6.45, 7) is 6.52. The Bertz CT molecular complexity index is 256. The molecule has 1 fully saturated rings. The van der Waals surface area contributed by atoms with Crippen LogP contribution in [-0.4, -0.2) is 35.7 Å². The molecule has 2 unspecified atom stereocenters. The highest BCUT2D eigenvalue weighted by molar-refractivity contribution is 5.78. The molecule has 1 saturated carbocycles. The van der Waals surface area contributed by atoms with Crippen molar-refractivity contribution < 1.29 is 9.90 Å². The molecule has 0 radical (unpaired) electrons. The average Bonchev–Trinajstić information content (AvgIpc) is 2.26. The fourth-order valence-corrected chi connectivity index (χ4v) is 2.66. The minimum Gasteiger partial charge on any atom is -0.394 e. The lowest BCUT2D eigenvalue weighted by Crippen LogP contribution is -2.54. The standard InChI is InChI=1S/C13H26N2O2/c1-10(2)15-12(17)8-14-13(9-16)6-4-5-11(3)7-13/h10-11,14,16H,4-9H2,1-3H3,(H,15,17). The van der Waals surface area contributed by atoms with Crippen LogP contribution >= 0.6 is 0 Å². The van der Waals surface area contributed by atoms with Crippen molar-refractivity contribution in [3.05, 3.63) is 0 Å². The van der Waals surface area contributed by atoms with Crippen LogP contribution < -0.4 is 10.6 Å². The van der Waals surface area contributed by atoms with Crippen LogP contribution in [0.15, 0.2) is 0 Å². The minimum atomic E-state index is -0.244. The number of carbonyl (C=O) groups excluding carboxylic acids is 1. The SMILES string of the molecule is CC1CCCC(CO)(NCC(=O)NC(C)C)C1. The topological polar surface area (TPSA) is 61.4 Å². The van der Waals surface area contributed by atoms with E-state index in [1.807, 2.05) is 13.8 Å². The number of hydrogen-bond donors (Lipinski definition) is 3. The van der Waals surface area contributed by atoms with Crippen LogP contribution in [0, 0.1) is 5.92 Å². The fraction of sp³-hybridized carbons (Fsp3) is 0.923. The van der Waals surface area contributed by atoms with Gasteiger partial charge >= 0.3 is 0 Å². The summed E-state index contributed by atoms with van der Waals surface area (Å²) in [5.41, 5.74) is -0.244. The second kappa shape index (κ2) is 6.36. The van der Waals surface area contributed by atoms with Crippen molar-refractivity contribution in [3.63, 3.8) is 0 Å². The van der Waals surface area contributed by atoms with Gasteiger partial charge in [0, 0.05) is 11.6 Å². The molecule has 0 aliphatic heterocycles. The third-order valence-electron chi connectivity index (χ3n) is 3.47. The molecule has 2 atom stereocenters. The van der Waals surface area contributed by atoms with E-state index in [0.717, 1.165) is 19.3 Å². The van der Waals surface area contributed by atoms with E-state index in [-0.39, 0.29) is 24.1 Å². The molecule has 1 aliphatic carbocycles. The van der Waals surface area contributed by atoms with Crippen molar-refractivity contribution in [1.82, 2.24) is 10.6 Å². The second-order valence-electron chi connectivity index (χ2n) is 5.72. The van der Waals surface area contributed by atoms with Crippen LogP contribution in [0.5, 0.6) is 0 Å². The van der Waals surface area contributed by atoms with Gasteiger partial charge in [0.25, 0.3) is 0 Å². The summed E-state index contributed by atoms with van der Waals surface area (Å²) in [7, 11) is 0. The van der Waals surface area contributed by atoms with Crippen LogP contribution in [0.4, 0.5) is 0 Å². The molecule has 0 aromatic rings. The number of hydrogen-bond acceptors (Lipinski definition) is 3. The Hall–Kier alpha value is -0.610. The molecule has 0 saturated heterocycles. The molecule has 3 N–H and O–H groups in total. The van der Waals surface area contributed by atoms with E-state index in [2.05, 4.69) is 17.6 Å². The Morgan fingerprint density at radius 2 is 2.24 bits per heavy atom. The minimum absolute atomic E-state index is 0.00560. The van der Waals surface area contributed by atoms with Crippen LogP contribution in [0.25, 0.3) is 0 Å². The molecule has 17 heavy (non-hydrogen) atoms. The van der Waals surface area contributed by atoms with E-state index < -0.39 is 0 Å².